The molecule has 0 heterocycles. The van der Waals surface area contributed by atoms with Crippen molar-refractivity contribution in [2.24, 2.45) is 0 Å². The van der Waals surface area contributed by atoms with Crippen LogP contribution in [0.1, 0.15) is 32.6 Å². The molecule has 0 rings (SSSR count). The van der Waals surface area contributed by atoms with Crippen LogP contribution in [-0.4, -0.2) is 16.8 Å². The van der Waals surface area contributed by atoms with Crippen molar-refractivity contribution in [2.45, 2.75) is 32.6 Å². The molecule has 0 unspecified atom stereocenters. The lowest BCUT2D eigenvalue weighted by Crippen LogP contribution is -1.98. The number of carbonyl (C=O) groups excluding carboxylic acids is 1. The van der Waals surface area contributed by atoms with Crippen LogP contribution in [0, 0.1) is 0 Å². The third-order valence-electron chi connectivity index (χ3n) is 1.23. The van der Waals surface area contributed by atoms with E-state index in [1.165, 1.54) is 0 Å². The van der Waals surface area contributed by atoms with Crippen molar-refractivity contribution in [2.75, 3.05) is 0 Å². The molecule has 0 saturated carbocycles. The molecule has 0 aromatic carbocycles. The normalized spacial score (nSPS) is 8.50. The zero-order valence-corrected chi connectivity index (χ0v) is 6.21. The Labute approximate surface area is 60.7 Å². The number of ketones is 1. The van der Waals surface area contributed by atoms with Gasteiger partial charge in [-0.2, -0.15) is 4.79 Å². The highest BCUT2D eigenvalue weighted by Crippen LogP contribution is 1.97. The molecule has 10 heavy (non-hydrogen) atoms. The van der Waals surface area contributed by atoms with E-state index < -0.39 is 0 Å². The summed E-state index contributed by atoms with van der Waals surface area (Å²) in [6, 6.07) is 0. The van der Waals surface area contributed by atoms with Crippen LogP contribution in [0.15, 0.2) is 0 Å². The van der Waals surface area contributed by atoms with E-state index in [1.54, 1.807) is 0 Å². The third-order valence-corrected chi connectivity index (χ3v) is 1.23. The van der Waals surface area contributed by atoms with E-state index in [-0.39, 0.29) is 5.78 Å². The highest BCUT2D eigenvalue weighted by molar-refractivity contribution is 6.25. The summed E-state index contributed by atoms with van der Waals surface area (Å²) in [5.74, 6) is -0.101. The molecule has 3 nitrogen and oxygen atoms in total. The number of hydrogen-bond donors (Lipinski definition) is 0. The predicted molar refractivity (Wildman–Crippen MR) is 38.8 cm³/mol. The van der Waals surface area contributed by atoms with Gasteiger partial charge in [0.2, 0.25) is 5.78 Å². The molecule has 56 valence electrons. The monoisotopic (exact) mass is 140 g/mol. The molecular weight excluding hydrogens is 128 g/mol. The third kappa shape index (κ3) is 5.19. The fourth-order valence-corrected chi connectivity index (χ4v) is 0.678. The smallest absolute Gasteiger partial charge is 0.323 e. The van der Waals surface area contributed by atoms with Gasteiger partial charge in [0.05, 0.1) is 0 Å². The van der Waals surface area contributed by atoms with Crippen molar-refractivity contribution in [1.82, 2.24) is 0 Å². The van der Waals surface area contributed by atoms with Gasteiger partial charge in [0.25, 0.3) is 0 Å². The molecule has 0 aliphatic heterocycles. The summed E-state index contributed by atoms with van der Waals surface area (Å²) in [5, 5.41) is 0. The fourth-order valence-electron chi connectivity index (χ4n) is 0.678. The fraction of sp³-hybridized carbons (Fsp3) is 0.714. The molecule has 0 saturated heterocycles. The Morgan fingerprint density at radius 2 is 2.30 bits per heavy atom. The second-order valence-corrected chi connectivity index (χ2v) is 2.17. The van der Waals surface area contributed by atoms with E-state index in [1.807, 2.05) is 0 Å². The Hall–Kier alpha value is -0.950. The molecule has 0 atom stereocenters. The minimum Gasteiger partial charge on any atom is -0.361 e. The lowest BCUT2D eigenvalue weighted by Gasteiger charge is -1.89. The van der Waals surface area contributed by atoms with Crippen LogP contribution in [0.3, 0.4) is 0 Å². The van der Waals surface area contributed by atoms with Gasteiger partial charge < -0.3 is 5.53 Å². The van der Waals surface area contributed by atoms with Gasteiger partial charge in [-0.3, -0.25) is 4.79 Å². The van der Waals surface area contributed by atoms with Gasteiger partial charge in [-0.05, 0) is 6.42 Å². The first kappa shape index (κ1) is 9.05. The van der Waals surface area contributed by atoms with Crippen LogP contribution in [0.4, 0.5) is 0 Å². The zero-order valence-electron chi connectivity index (χ0n) is 6.21. The Morgan fingerprint density at radius 1 is 1.60 bits per heavy atom. The predicted octanol–water partition coefficient (Wildman–Crippen LogP) is 1.44. The SMILES string of the molecule is CCCCCC(=O)C=[N+]=[N-]. The number of Topliss-reactive ketones (excluding diaryl/α,β-unsaturated/α-hetero) is 1. The van der Waals surface area contributed by atoms with E-state index in [0.717, 1.165) is 25.5 Å². The molecule has 3 heteroatoms. The standard InChI is InChI=1S/C7H12N2O/c1-2-3-4-5-7(10)6-9-8/h6H,2-5H2,1H3. The van der Waals surface area contributed by atoms with Gasteiger partial charge >= 0.3 is 6.21 Å². The van der Waals surface area contributed by atoms with Crippen molar-refractivity contribution in [3.8, 4) is 0 Å². The second kappa shape index (κ2) is 6.17. The van der Waals surface area contributed by atoms with E-state index >= 15 is 0 Å². The minimum atomic E-state index is -0.101. The maximum absolute atomic E-state index is 10.6. The van der Waals surface area contributed by atoms with Crippen molar-refractivity contribution < 1.29 is 9.58 Å². The average molecular weight is 140 g/mol. The van der Waals surface area contributed by atoms with Crippen LogP contribution >= 0.6 is 0 Å². The summed E-state index contributed by atoms with van der Waals surface area (Å²) in [7, 11) is 0. The molecule has 0 aliphatic carbocycles. The van der Waals surface area contributed by atoms with Gasteiger partial charge in [-0.25, -0.2) is 0 Å². The molecule has 0 N–H and O–H groups in total. The molecule has 0 fully saturated rings. The van der Waals surface area contributed by atoms with E-state index in [4.69, 9.17) is 5.53 Å². The highest BCUT2D eigenvalue weighted by Gasteiger charge is 1.99. The Balaban J connectivity index is 3.31. The maximum atomic E-state index is 10.6. The molecule has 0 bridgehead atoms. The molecule has 0 amide bonds. The first-order valence-corrected chi connectivity index (χ1v) is 3.51. The lowest BCUT2D eigenvalue weighted by molar-refractivity contribution is -0.116. The van der Waals surface area contributed by atoms with Crippen LogP contribution in [0.2, 0.25) is 0 Å². The van der Waals surface area contributed by atoms with Crippen molar-refractivity contribution in [3.63, 3.8) is 0 Å². The number of unbranched alkanes of at least 4 members (excludes halogenated alkanes) is 2. The molecule has 0 spiro atoms. The summed E-state index contributed by atoms with van der Waals surface area (Å²) in [6.07, 6.45) is 4.50. The van der Waals surface area contributed by atoms with Gasteiger partial charge in [0, 0.05) is 6.42 Å². The van der Waals surface area contributed by atoms with Gasteiger partial charge in [0.1, 0.15) is 0 Å². The maximum Gasteiger partial charge on any atom is 0.323 e. The van der Waals surface area contributed by atoms with Crippen LogP contribution < -0.4 is 0 Å². The Bertz CT molecular complexity index is 148. The van der Waals surface area contributed by atoms with Crippen molar-refractivity contribution in [1.29, 1.82) is 0 Å². The first-order valence-electron chi connectivity index (χ1n) is 3.51. The van der Waals surface area contributed by atoms with Crippen LogP contribution in [-0.2, 0) is 4.79 Å². The first-order chi connectivity index (χ1) is 4.81. The molecule has 0 radical (unpaired) electrons. The molecule has 0 aromatic rings. The van der Waals surface area contributed by atoms with E-state index in [2.05, 4.69) is 11.7 Å². The van der Waals surface area contributed by atoms with Crippen LogP contribution in [0.5, 0.6) is 0 Å². The Morgan fingerprint density at radius 3 is 2.80 bits per heavy atom. The van der Waals surface area contributed by atoms with E-state index in [9.17, 15) is 4.79 Å². The van der Waals surface area contributed by atoms with Crippen molar-refractivity contribution >= 4 is 12.0 Å². The van der Waals surface area contributed by atoms with E-state index in [0.29, 0.717) is 6.42 Å². The Kier molecular flexibility index (Phi) is 5.59. The quantitative estimate of drug-likeness (QED) is 0.247. The second-order valence-electron chi connectivity index (χ2n) is 2.17. The van der Waals surface area contributed by atoms with Gasteiger partial charge in [0.15, 0.2) is 0 Å². The summed E-state index contributed by atoms with van der Waals surface area (Å²) in [5.41, 5.74) is 7.94. The number of rotatable bonds is 5. The number of carbonyl (C=O) groups is 1. The summed E-state index contributed by atoms with van der Waals surface area (Å²) in [4.78, 5) is 13.2. The number of hydrogen-bond acceptors (Lipinski definition) is 1. The average Bonchev–Trinajstić information content (AvgIpc) is 1.89. The van der Waals surface area contributed by atoms with Crippen molar-refractivity contribution in [3.05, 3.63) is 5.53 Å². The molecule has 0 aromatic heterocycles. The minimum absolute atomic E-state index is 0.101. The summed E-state index contributed by atoms with van der Waals surface area (Å²) in [6.45, 7) is 2.07. The van der Waals surface area contributed by atoms with Gasteiger partial charge in [-0.1, -0.05) is 19.8 Å². The lowest BCUT2D eigenvalue weighted by atomic mass is 10.1. The van der Waals surface area contributed by atoms with Crippen LogP contribution in [0.25, 0.3) is 5.53 Å². The largest absolute Gasteiger partial charge is 0.361 e. The summed E-state index contributed by atoms with van der Waals surface area (Å²) < 4.78 is 0. The highest BCUT2D eigenvalue weighted by atomic mass is 16.1. The van der Waals surface area contributed by atoms with Gasteiger partial charge in [-0.15, -0.1) is 0 Å². The zero-order chi connectivity index (χ0) is 7.82. The molecular formula is C7H12N2O. The topological polar surface area (TPSA) is 53.5 Å². The molecule has 0 aliphatic rings. The number of nitrogens with zero attached hydrogens (tertiary/aromatic N) is 2. The summed E-state index contributed by atoms with van der Waals surface area (Å²) >= 11 is 0.